The molecule has 8 heteroatoms. The number of methoxy groups -OCH3 is 1. The number of allylic oxidation sites excluding steroid dienone is 1. The molecule has 2 heterocycles. The van der Waals surface area contributed by atoms with Crippen LogP contribution in [0.15, 0.2) is 87.6 Å². The number of ether oxygens (including phenoxy) is 3. The van der Waals surface area contributed by atoms with Crippen LogP contribution < -0.4 is 19.8 Å². The Kier molecular flexibility index (Phi) is 7.65. The highest BCUT2D eigenvalue weighted by atomic mass is 16.5. The Labute approximate surface area is 231 Å². The minimum atomic E-state index is -0.338. The molecule has 0 bridgehead atoms. The van der Waals surface area contributed by atoms with Crippen molar-refractivity contribution in [2.75, 3.05) is 20.3 Å². The summed E-state index contributed by atoms with van der Waals surface area (Å²) in [7, 11) is 1.59. The van der Waals surface area contributed by atoms with Crippen molar-refractivity contribution in [3.63, 3.8) is 0 Å². The van der Waals surface area contributed by atoms with Gasteiger partial charge in [0.2, 0.25) is 5.82 Å². The fraction of sp³-hybridized carbons (Fsp3) is 0.156. The van der Waals surface area contributed by atoms with Gasteiger partial charge in [-0.15, -0.1) is 13.0 Å². The summed E-state index contributed by atoms with van der Waals surface area (Å²) >= 11 is 0. The minimum Gasteiger partial charge on any atom is -0.496 e. The quantitative estimate of drug-likeness (QED) is 0.127. The van der Waals surface area contributed by atoms with Gasteiger partial charge in [-0.1, -0.05) is 30.2 Å². The highest BCUT2D eigenvalue weighted by molar-refractivity contribution is 5.89. The summed E-state index contributed by atoms with van der Waals surface area (Å²) in [5, 5.41) is 5.77. The standard InChI is InChI=1S/C32H27N3O5/c1-5-11-22-17-21(18-28(38-7-3)30(22)39-16-6-2)20-33-35-31(34-25-13-9-8-12-23(25)32(35)36)29-19-24-26(37-4)14-10-15-27(24)40-29/h2,5,8-10,12-15,17-20H,1,7,11,16H2,3-4H3. The maximum absolute atomic E-state index is 13.7. The monoisotopic (exact) mass is 533 g/mol. The van der Waals surface area contributed by atoms with Crippen molar-refractivity contribution in [3.05, 3.63) is 94.8 Å². The number of terminal acetylenes is 1. The minimum absolute atomic E-state index is 0.0987. The number of rotatable bonds is 10. The topological polar surface area (TPSA) is 88.1 Å². The van der Waals surface area contributed by atoms with E-state index in [4.69, 9.17) is 30.0 Å². The predicted octanol–water partition coefficient (Wildman–Crippen LogP) is 5.84. The molecule has 3 aromatic carbocycles. The third-order valence-electron chi connectivity index (χ3n) is 6.16. The molecule has 0 aliphatic carbocycles. The highest BCUT2D eigenvalue weighted by Gasteiger charge is 2.18. The molecule has 2 aromatic heterocycles. The van der Waals surface area contributed by atoms with Gasteiger partial charge in [0.05, 0.1) is 36.2 Å². The van der Waals surface area contributed by atoms with Crippen molar-refractivity contribution in [2.24, 2.45) is 5.10 Å². The average Bonchev–Trinajstić information content (AvgIpc) is 3.41. The molecule has 0 spiro atoms. The lowest BCUT2D eigenvalue weighted by Crippen LogP contribution is -2.20. The Balaban J connectivity index is 1.68. The first kappa shape index (κ1) is 26.3. The van der Waals surface area contributed by atoms with Crippen LogP contribution in [0.5, 0.6) is 17.2 Å². The lowest BCUT2D eigenvalue weighted by molar-refractivity contribution is 0.297. The molecule has 0 saturated carbocycles. The Hall–Kier alpha value is -5.29. The molecule has 0 N–H and O–H groups in total. The summed E-state index contributed by atoms with van der Waals surface area (Å²) in [5.41, 5.74) is 2.31. The fourth-order valence-corrected chi connectivity index (χ4v) is 4.44. The second kappa shape index (κ2) is 11.6. The predicted molar refractivity (Wildman–Crippen MR) is 157 cm³/mol. The lowest BCUT2D eigenvalue weighted by atomic mass is 10.1. The van der Waals surface area contributed by atoms with E-state index < -0.39 is 0 Å². The van der Waals surface area contributed by atoms with E-state index in [1.54, 1.807) is 49.7 Å². The van der Waals surface area contributed by atoms with Crippen LogP contribution in [0, 0.1) is 12.3 Å². The van der Waals surface area contributed by atoms with E-state index in [2.05, 4.69) is 17.6 Å². The number of aromatic nitrogens is 2. The molecule has 0 fully saturated rings. The number of para-hydroxylation sites is 1. The summed E-state index contributed by atoms with van der Waals surface area (Å²) in [6.45, 7) is 6.26. The van der Waals surface area contributed by atoms with Gasteiger partial charge in [0, 0.05) is 5.56 Å². The van der Waals surface area contributed by atoms with Gasteiger partial charge in [-0.3, -0.25) is 4.79 Å². The maximum Gasteiger partial charge on any atom is 0.282 e. The highest BCUT2D eigenvalue weighted by Crippen LogP contribution is 2.34. The Bertz CT molecular complexity index is 1840. The number of benzene rings is 3. The SMILES string of the molecule is C#CCOc1c(CC=C)cc(C=Nn2c(-c3cc4c(OC)cccc4o3)nc3ccccc3c2=O)cc1OCC. The molecule has 0 aliphatic rings. The van der Waals surface area contributed by atoms with Crippen LogP contribution in [0.1, 0.15) is 18.1 Å². The molecule has 40 heavy (non-hydrogen) atoms. The zero-order valence-corrected chi connectivity index (χ0v) is 22.2. The number of furan rings is 1. The van der Waals surface area contributed by atoms with Crippen LogP contribution in [-0.2, 0) is 6.42 Å². The van der Waals surface area contributed by atoms with E-state index in [-0.39, 0.29) is 18.0 Å². The summed E-state index contributed by atoms with van der Waals surface area (Å²) < 4.78 is 24.5. The van der Waals surface area contributed by atoms with Crippen LogP contribution in [0.2, 0.25) is 0 Å². The molecule has 0 atom stereocenters. The van der Waals surface area contributed by atoms with Crippen molar-refractivity contribution in [3.8, 4) is 41.2 Å². The van der Waals surface area contributed by atoms with E-state index in [0.29, 0.717) is 58.1 Å². The molecule has 0 saturated heterocycles. The van der Waals surface area contributed by atoms with Crippen molar-refractivity contribution in [2.45, 2.75) is 13.3 Å². The zero-order valence-electron chi connectivity index (χ0n) is 22.2. The number of fused-ring (bicyclic) bond motifs is 2. The van der Waals surface area contributed by atoms with E-state index in [9.17, 15) is 4.79 Å². The first-order valence-electron chi connectivity index (χ1n) is 12.7. The smallest absolute Gasteiger partial charge is 0.282 e. The second-order valence-corrected chi connectivity index (χ2v) is 8.72. The van der Waals surface area contributed by atoms with Crippen LogP contribution in [-0.4, -0.2) is 36.2 Å². The van der Waals surface area contributed by atoms with E-state index in [0.717, 1.165) is 10.9 Å². The molecule has 0 amide bonds. The van der Waals surface area contributed by atoms with Crippen LogP contribution >= 0.6 is 0 Å². The van der Waals surface area contributed by atoms with Crippen molar-refractivity contribution >= 4 is 28.1 Å². The number of hydrogen-bond acceptors (Lipinski definition) is 7. The summed E-state index contributed by atoms with van der Waals surface area (Å²) in [4.78, 5) is 18.4. The summed E-state index contributed by atoms with van der Waals surface area (Å²) in [5.74, 6) is 4.84. The van der Waals surface area contributed by atoms with Crippen molar-refractivity contribution < 1.29 is 18.6 Å². The molecular weight excluding hydrogens is 506 g/mol. The van der Waals surface area contributed by atoms with E-state index in [1.165, 1.54) is 4.68 Å². The van der Waals surface area contributed by atoms with Crippen molar-refractivity contribution in [1.29, 1.82) is 0 Å². The van der Waals surface area contributed by atoms with Gasteiger partial charge in [0.25, 0.3) is 5.56 Å². The van der Waals surface area contributed by atoms with Gasteiger partial charge in [-0.2, -0.15) is 9.78 Å². The first-order chi connectivity index (χ1) is 19.6. The van der Waals surface area contributed by atoms with Crippen LogP contribution in [0.3, 0.4) is 0 Å². The summed E-state index contributed by atoms with van der Waals surface area (Å²) in [6, 6.07) is 18.1. The van der Waals surface area contributed by atoms with E-state index in [1.807, 2.05) is 37.3 Å². The largest absolute Gasteiger partial charge is 0.496 e. The maximum atomic E-state index is 13.7. The third-order valence-corrected chi connectivity index (χ3v) is 6.16. The fourth-order valence-electron chi connectivity index (χ4n) is 4.44. The lowest BCUT2D eigenvalue weighted by Gasteiger charge is -2.15. The van der Waals surface area contributed by atoms with Gasteiger partial charge < -0.3 is 18.6 Å². The number of nitrogens with zero attached hydrogens (tertiary/aromatic N) is 3. The first-order valence-corrected chi connectivity index (χ1v) is 12.7. The molecule has 0 radical (unpaired) electrons. The van der Waals surface area contributed by atoms with Gasteiger partial charge in [0.1, 0.15) is 17.9 Å². The Morgan fingerprint density at radius 2 is 1.95 bits per heavy atom. The Morgan fingerprint density at radius 3 is 2.73 bits per heavy atom. The van der Waals surface area contributed by atoms with E-state index >= 15 is 0 Å². The molecule has 8 nitrogen and oxygen atoms in total. The molecular formula is C32H27N3O5. The normalized spacial score (nSPS) is 11.1. The van der Waals surface area contributed by atoms with Crippen molar-refractivity contribution in [1.82, 2.24) is 9.66 Å². The zero-order chi connectivity index (χ0) is 28.1. The second-order valence-electron chi connectivity index (χ2n) is 8.72. The van der Waals surface area contributed by atoms with Crippen LogP contribution in [0.4, 0.5) is 0 Å². The molecule has 5 aromatic rings. The van der Waals surface area contributed by atoms with Gasteiger partial charge in [-0.25, -0.2) is 4.98 Å². The number of hydrogen-bond donors (Lipinski definition) is 0. The van der Waals surface area contributed by atoms with Gasteiger partial charge in [-0.05, 0) is 61.4 Å². The molecule has 0 aliphatic heterocycles. The summed E-state index contributed by atoms with van der Waals surface area (Å²) in [6.07, 6.45) is 9.27. The molecule has 0 unspecified atom stereocenters. The third kappa shape index (κ3) is 5.05. The van der Waals surface area contributed by atoms with Gasteiger partial charge >= 0.3 is 0 Å². The molecule has 200 valence electrons. The van der Waals surface area contributed by atoms with Gasteiger partial charge in [0.15, 0.2) is 17.3 Å². The Morgan fingerprint density at radius 1 is 1.10 bits per heavy atom. The molecule has 5 rings (SSSR count). The average molecular weight is 534 g/mol. The van der Waals surface area contributed by atoms with Crippen LogP contribution in [0.25, 0.3) is 33.5 Å².